The largest absolute Gasteiger partial charge is 0.490 e. The summed E-state index contributed by atoms with van der Waals surface area (Å²) in [4.78, 5) is 0. The van der Waals surface area contributed by atoms with Crippen molar-refractivity contribution in [1.29, 1.82) is 0 Å². The van der Waals surface area contributed by atoms with Crippen molar-refractivity contribution in [3.05, 3.63) is 125 Å². The molecule has 0 atom stereocenters. The maximum Gasteiger partial charge on any atom is 0.140 e. The SMILES string of the molecule is C=CCOc1ccc(C#Cc2ccc(C#Cc3ccc4cc(F)ccc4c3)c(F)c2)cc1. The average molecular weight is 420 g/mol. The van der Waals surface area contributed by atoms with E-state index in [4.69, 9.17) is 4.74 Å². The highest BCUT2D eigenvalue weighted by Crippen LogP contribution is 2.17. The number of benzene rings is 4. The first-order chi connectivity index (χ1) is 15.6. The van der Waals surface area contributed by atoms with E-state index in [-0.39, 0.29) is 5.82 Å². The van der Waals surface area contributed by atoms with E-state index in [1.807, 2.05) is 30.3 Å². The van der Waals surface area contributed by atoms with E-state index in [9.17, 15) is 8.78 Å². The van der Waals surface area contributed by atoms with E-state index >= 15 is 0 Å². The van der Waals surface area contributed by atoms with Crippen LogP contribution in [0.2, 0.25) is 0 Å². The summed E-state index contributed by atoms with van der Waals surface area (Å²) < 4.78 is 33.3. The zero-order valence-electron chi connectivity index (χ0n) is 17.2. The van der Waals surface area contributed by atoms with Crippen LogP contribution in [0, 0.1) is 35.3 Å². The molecule has 154 valence electrons. The van der Waals surface area contributed by atoms with Gasteiger partial charge in [0.15, 0.2) is 0 Å². The minimum atomic E-state index is -0.430. The first kappa shape index (κ1) is 20.9. The fourth-order valence-electron chi connectivity index (χ4n) is 3.06. The molecule has 0 fully saturated rings. The quantitative estimate of drug-likeness (QED) is 0.272. The third kappa shape index (κ3) is 5.22. The maximum absolute atomic E-state index is 14.5. The van der Waals surface area contributed by atoms with Crippen LogP contribution in [0.25, 0.3) is 10.8 Å². The van der Waals surface area contributed by atoms with Gasteiger partial charge in [0.05, 0.1) is 5.56 Å². The zero-order valence-corrected chi connectivity index (χ0v) is 17.2. The Hall–Kier alpha value is -4.34. The van der Waals surface area contributed by atoms with Gasteiger partial charge in [0.2, 0.25) is 0 Å². The first-order valence-corrected chi connectivity index (χ1v) is 9.97. The molecule has 0 heterocycles. The van der Waals surface area contributed by atoms with Crippen LogP contribution in [0.5, 0.6) is 5.75 Å². The van der Waals surface area contributed by atoms with Gasteiger partial charge in [-0.05, 0) is 77.5 Å². The van der Waals surface area contributed by atoms with Gasteiger partial charge in [0.25, 0.3) is 0 Å². The molecule has 0 N–H and O–H groups in total. The van der Waals surface area contributed by atoms with Crippen molar-refractivity contribution < 1.29 is 13.5 Å². The van der Waals surface area contributed by atoms with Crippen molar-refractivity contribution in [3.8, 4) is 29.4 Å². The molecule has 0 amide bonds. The zero-order chi connectivity index (χ0) is 22.3. The predicted molar refractivity (Wildman–Crippen MR) is 124 cm³/mol. The number of halogens is 2. The summed E-state index contributed by atoms with van der Waals surface area (Å²) in [5.41, 5.74) is 2.38. The Morgan fingerprint density at radius 1 is 0.688 bits per heavy atom. The molecule has 0 aliphatic rings. The van der Waals surface area contributed by atoms with E-state index in [0.29, 0.717) is 17.7 Å². The second-order valence-electron chi connectivity index (χ2n) is 7.02. The van der Waals surface area contributed by atoms with Crippen LogP contribution in [0.1, 0.15) is 22.3 Å². The summed E-state index contributed by atoms with van der Waals surface area (Å²) in [5, 5.41) is 1.67. The summed E-state index contributed by atoms with van der Waals surface area (Å²) in [5.74, 6) is 11.8. The summed E-state index contributed by atoms with van der Waals surface area (Å²) >= 11 is 0. The van der Waals surface area contributed by atoms with Crippen LogP contribution >= 0.6 is 0 Å². The number of hydrogen-bond acceptors (Lipinski definition) is 1. The number of ether oxygens (including phenoxy) is 1. The lowest BCUT2D eigenvalue weighted by Crippen LogP contribution is -1.92. The van der Waals surface area contributed by atoms with Crippen LogP contribution in [0.15, 0.2) is 91.5 Å². The Labute approximate surface area is 186 Å². The van der Waals surface area contributed by atoms with E-state index in [1.165, 1.54) is 18.2 Å². The van der Waals surface area contributed by atoms with Gasteiger partial charge in [-0.1, -0.05) is 48.5 Å². The molecule has 0 radical (unpaired) electrons. The van der Waals surface area contributed by atoms with Gasteiger partial charge in [0, 0.05) is 16.7 Å². The van der Waals surface area contributed by atoms with Crippen LogP contribution in [0.4, 0.5) is 8.78 Å². The van der Waals surface area contributed by atoms with Crippen molar-refractivity contribution in [2.75, 3.05) is 6.61 Å². The van der Waals surface area contributed by atoms with Crippen molar-refractivity contribution in [1.82, 2.24) is 0 Å². The minimum absolute atomic E-state index is 0.281. The minimum Gasteiger partial charge on any atom is -0.490 e. The van der Waals surface area contributed by atoms with Crippen molar-refractivity contribution in [3.63, 3.8) is 0 Å². The molecular weight excluding hydrogens is 402 g/mol. The van der Waals surface area contributed by atoms with Gasteiger partial charge in [-0.3, -0.25) is 0 Å². The Balaban J connectivity index is 1.49. The van der Waals surface area contributed by atoms with Crippen molar-refractivity contribution in [2.24, 2.45) is 0 Å². The van der Waals surface area contributed by atoms with Gasteiger partial charge in [0.1, 0.15) is 24.0 Å². The lowest BCUT2D eigenvalue weighted by molar-refractivity contribution is 0.363. The number of fused-ring (bicyclic) bond motifs is 1. The van der Waals surface area contributed by atoms with E-state index in [2.05, 4.69) is 30.3 Å². The summed E-state index contributed by atoms with van der Waals surface area (Å²) in [7, 11) is 0. The highest BCUT2D eigenvalue weighted by Gasteiger charge is 2.01. The Bertz CT molecular complexity index is 1410. The fraction of sp³-hybridized carbons (Fsp3) is 0.0345. The first-order valence-electron chi connectivity index (χ1n) is 9.97. The van der Waals surface area contributed by atoms with Crippen molar-refractivity contribution in [2.45, 2.75) is 0 Å². The van der Waals surface area contributed by atoms with Crippen LogP contribution < -0.4 is 4.74 Å². The predicted octanol–water partition coefficient (Wildman–Crippen LogP) is 6.48. The molecule has 4 aromatic carbocycles. The number of hydrogen-bond donors (Lipinski definition) is 0. The second kappa shape index (κ2) is 9.65. The Kier molecular flexibility index (Phi) is 6.30. The molecular formula is C29H18F2O. The molecule has 4 aromatic rings. The molecule has 0 saturated heterocycles. The molecule has 32 heavy (non-hydrogen) atoms. The molecule has 0 bridgehead atoms. The maximum atomic E-state index is 14.5. The Morgan fingerprint density at radius 3 is 2.09 bits per heavy atom. The lowest BCUT2D eigenvalue weighted by atomic mass is 10.1. The van der Waals surface area contributed by atoms with Crippen LogP contribution in [-0.2, 0) is 0 Å². The summed E-state index contributed by atoms with van der Waals surface area (Å²) in [6.07, 6.45) is 1.68. The third-order valence-corrected chi connectivity index (χ3v) is 4.69. The molecule has 0 aliphatic carbocycles. The molecule has 4 rings (SSSR count). The topological polar surface area (TPSA) is 9.23 Å². The molecule has 0 aliphatic heterocycles. The van der Waals surface area contributed by atoms with Gasteiger partial charge < -0.3 is 4.74 Å². The van der Waals surface area contributed by atoms with Crippen LogP contribution in [-0.4, -0.2) is 6.61 Å². The Morgan fingerprint density at radius 2 is 1.31 bits per heavy atom. The van der Waals surface area contributed by atoms with Gasteiger partial charge >= 0.3 is 0 Å². The summed E-state index contributed by atoms with van der Waals surface area (Å²) in [6, 6.07) is 22.1. The smallest absolute Gasteiger partial charge is 0.140 e. The molecule has 0 saturated carbocycles. The van der Waals surface area contributed by atoms with Gasteiger partial charge in [-0.15, -0.1) is 0 Å². The molecule has 1 nitrogen and oxygen atoms in total. The van der Waals surface area contributed by atoms with Crippen molar-refractivity contribution >= 4 is 10.8 Å². The van der Waals surface area contributed by atoms with Gasteiger partial charge in [-0.25, -0.2) is 8.78 Å². The highest BCUT2D eigenvalue weighted by atomic mass is 19.1. The number of rotatable bonds is 3. The second-order valence-corrected chi connectivity index (χ2v) is 7.02. The molecule has 3 heteroatoms. The summed E-state index contributed by atoms with van der Waals surface area (Å²) in [6.45, 7) is 4.06. The molecule has 0 aromatic heterocycles. The molecule has 0 spiro atoms. The fourth-order valence-corrected chi connectivity index (χ4v) is 3.06. The van der Waals surface area contributed by atoms with E-state index in [1.54, 1.807) is 36.4 Å². The lowest BCUT2D eigenvalue weighted by Gasteiger charge is -2.01. The van der Waals surface area contributed by atoms with Gasteiger partial charge in [-0.2, -0.15) is 0 Å². The normalized spacial score (nSPS) is 9.94. The van der Waals surface area contributed by atoms with Crippen LogP contribution in [0.3, 0.4) is 0 Å². The monoisotopic (exact) mass is 420 g/mol. The highest BCUT2D eigenvalue weighted by molar-refractivity contribution is 5.84. The molecule has 0 unspecified atom stereocenters. The van der Waals surface area contributed by atoms with E-state index in [0.717, 1.165) is 27.6 Å². The third-order valence-electron chi connectivity index (χ3n) is 4.69. The van der Waals surface area contributed by atoms with E-state index < -0.39 is 5.82 Å². The standard InChI is InChI=1S/C29H18F2O/c1-2-17-32-28-15-8-21(9-16-28)3-4-23-6-11-24(29(31)19-23)10-5-22-7-12-26-20-27(30)14-13-25(26)18-22/h2,6-9,11-16,18-20H,1,17H2. The average Bonchev–Trinajstić information content (AvgIpc) is 2.81.